The number of hydrogen-bond acceptors (Lipinski definition) is 2. The highest BCUT2D eigenvalue weighted by atomic mass is 16.3. The zero-order chi connectivity index (χ0) is 10.7. The molecule has 0 bridgehead atoms. The van der Waals surface area contributed by atoms with E-state index < -0.39 is 0 Å². The van der Waals surface area contributed by atoms with Crippen LogP contribution in [0.1, 0.15) is 24.0 Å². The van der Waals surface area contributed by atoms with Gasteiger partial charge in [-0.3, -0.25) is 0 Å². The number of fused-ring (bicyclic) bond motifs is 1. The minimum atomic E-state index is 0.272. The van der Waals surface area contributed by atoms with E-state index >= 15 is 0 Å². The van der Waals surface area contributed by atoms with Crippen LogP contribution in [-0.4, -0.2) is 24.8 Å². The Morgan fingerprint density at radius 2 is 2.27 bits per heavy atom. The lowest BCUT2D eigenvalue weighted by atomic mass is 9.77. The van der Waals surface area contributed by atoms with E-state index in [0.29, 0.717) is 11.8 Å². The largest absolute Gasteiger partial charge is 0.396 e. The lowest BCUT2D eigenvalue weighted by Crippen LogP contribution is -2.32. The molecule has 1 aromatic carbocycles. The average Bonchev–Trinajstić information content (AvgIpc) is 2.24. The SMILES string of the molecule is CC(CO)CNCC1Cc2ccccc21. The third-order valence-corrected chi connectivity index (χ3v) is 3.16. The number of aliphatic hydroxyl groups is 1. The second-order valence-electron chi connectivity index (χ2n) is 4.55. The van der Waals surface area contributed by atoms with Crippen LogP contribution in [0.25, 0.3) is 0 Å². The Hall–Kier alpha value is -0.860. The third kappa shape index (κ3) is 2.39. The molecule has 0 saturated carbocycles. The zero-order valence-corrected chi connectivity index (χ0v) is 9.24. The molecule has 0 heterocycles. The summed E-state index contributed by atoms with van der Waals surface area (Å²) < 4.78 is 0. The van der Waals surface area contributed by atoms with Crippen LogP contribution in [0.4, 0.5) is 0 Å². The van der Waals surface area contributed by atoms with E-state index in [0.717, 1.165) is 13.1 Å². The van der Waals surface area contributed by atoms with Crippen molar-refractivity contribution in [2.45, 2.75) is 19.3 Å². The number of hydrogen-bond donors (Lipinski definition) is 2. The molecular weight excluding hydrogens is 186 g/mol. The van der Waals surface area contributed by atoms with Gasteiger partial charge in [0, 0.05) is 19.1 Å². The summed E-state index contributed by atoms with van der Waals surface area (Å²) in [5, 5.41) is 12.3. The number of benzene rings is 1. The first kappa shape index (κ1) is 10.7. The maximum Gasteiger partial charge on any atom is 0.0468 e. The Balaban J connectivity index is 1.75. The van der Waals surface area contributed by atoms with Crippen LogP contribution >= 0.6 is 0 Å². The topological polar surface area (TPSA) is 32.3 Å². The van der Waals surface area contributed by atoms with Crippen LogP contribution in [0.3, 0.4) is 0 Å². The predicted octanol–water partition coefficient (Wildman–Crippen LogP) is 1.54. The minimum absolute atomic E-state index is 0.272. The maximum absolute atomic E-state index is 8.89. The molecule has 2 heteroatoms. The molecule has 0 saturated heterocycles. The second kappa shape index (κ2) is 4.77. The van der Waals surface area contributed by atoms with Gasteiger partial charge in [0.15, 0.2) is 0 Å². The molecule has 1 aromatic rings. The van der Waals surface area contributed by atoms with Gasteiger partial charge in [-0.2, -0.15) is 0 Å². The van der Waals surface area contributed by atoms with Gasteiger partial charge in [-0.05, 0) is 30.0 Å². The molecule has 2 N–H and O–H groups in total. The third-order valence-electron chi connectivity index (χ3n) is 3.16. The molecule has 0 amide bonds. The quantitative estimate of drug-likeness (QED) is 0.764. The van der Waals surface area contributed by atoms with Crippen molar-refractivity contribution in [2.75, 3.05) is 19.7 Å². The van der Waals surface area contributed by atoms with Crippen LogP contribution in [0.15, 0.2) is 24.3 Å². The first-order chi connectivity index (χ1) is 7.31. The molecule has 0 aromatic heterocycles. The molecule has 2 rings (SSSR count). The summed E-state index contributed by atoms with van der Waals surface area (Å²) in [6.45, 7) is 4.28. The molecule has 2 unspecified atom stereocenters. The molecule has 0 aliphatic heterocycles. The first-order valence-corrected chi connectivity index (χ1v) is 5.70. The molecule has 1 aliphatic rings. The van der Waals surface area contributed by atoms with E-state index in [2.05, 4.69) is 36.5 Å². The van der Waals surface area contributed by atoms with Gasteiger partial charge in [0.25, 0.3) is 0 Å². The van der Waals surface area contributed by atoms with E-state index in [1.165, 1.54) is 17.5 Å². The molecular formula is C13H19NO. The van der Waals surface area contributed by atoms with Crippen LogP contribution in [-0.2, 0) is 6.42 Å². The van der Waals surface area contributed by atoms with Crippen LogP contribution < -0.4 is 5.32 Å². The summed E-state index contributed by atoms with van der Waals surface area (Å²) in [6, 6.07) is 8.65. The van der Waals surface area contributed by atoms with Crippen molar-refractivity contribution in [3.63, 3.8) is 0 Å². The normalized spacial score (nSPS) is 20.5. The van der Waals surface area contributed by atoms with Gasteiger partial charge in [-0.15, -0.1) is 0 Å². The van der Waals surface area contributed by atoms with Crippen molar-refractivity contribution >= 4 is 0 Å². The first-order valence-electron chi connectivity index (χ1n) is 5.70. The van der Waals surface area contributed by atoms with E-state index in [4.69, 9.17) is 5.11 Å². The Kier molecular flexibility index (Phi) is 3.39. The highest BCUT2D eigenvalue weighted by molar-refractivity contribution is 5.40. The number of aliphatic hydroxyl groups excluding tert-OH is 1. The molecule has 2 atom stereocenters. The molecule has 1 aliphatic carbocycles. The van der Waals surface area contributed by atoms with E-state index in [-0.39, 0.29) is 6.61 Å². The van der Waals surface area contributed by atoms with Crippen molar-refractivity contribution in [1.82, 2.24) is 5.32 Å². The van der Waals surface area contributed by atoms with E-state index in [1.54, 1.807) is 0 Å². The highest BCUT2D eigenvalue weighted by Gasteiger charge is 2.24. The van der Waals surface area contributed by atoms with Crippen LogP contribution in [0.5, 0.6) is 0 Å². The summed E-state index contributed by atoms with van der Waals surface area (Å²) in [6.07, 6.45) is 1.21. The fourth-order valence-corrected chi connectivity index (χ4v) is 2.11. The average molecular weight is 205 g/mol. The summed E-state index contributed by atoms with van der Waals surface area (Å²) in [5.41, 5.74) is 3.00. The van der Waals surface area contributed by atoms with Crippen LogP contribution in [0, 0.1) is 5.92 Å². The van der Waals surface area contributed by atoms with Gasteiger partial charge >= 0.3 is 0 Å². The molecule has 0 spiro atoms. The Morgan fingerprint density at radius 3 is 3.00 bits per heavy atom. The monoisotopic (exact) mass is 205 g/mol. The van der Waals surface area contributed by atoms with Crippen molar-refractivity contribution in [2.24, 2.45) is 5.92 Å². The van der Waals surface area contributed by atoms with Gasteiger partial charge in [-0.25, -0.2) is 0 Å². The zero-order valence-electron chi connectivity index (χ0n) is 9.24. The van der Waals surface area contributed by atoms with Crippen molar-refractivity contribution in [3.8, 4) is 0 Å². The van der Waals surface area contributed by atoms with Gasteiger partial charge in [-0.1, -0.05) is 31.2 Å². The summed E-state index contributed by atoms with van der Waals surface area (Å²) in [7, 11) is 0. The fourth-order valence-electron chi connectivity index (χ4n) is 2.11. The summed E-state index contributed by atoms with van der Waals surface area (Å²) in [5.74, 6) is 1.05. The predicted molar refractivity (Wildman–Crippen MR) is 62.0 cm³/mol. The molecule has 0 fully saturated rings. The standard InChI is InChI=1S/C13H19NO/c1-10(9-15)7-14-8-12-6-11-4-2-3-5-13(11)12/h2-5,10,12,14-15H,6-9H2,1H3. The molecule has 0 radical (unpaired) electrons. The minimum Gasteiger partial charge on any atom is -0.396 e. The smallest absolute Gasteiger partial charge is 0.0468 e. The Morgan fingerprint density at radius 1 is 1.47 bits per heavy atom. The summed E-state index contributed by atoms with van der Waals surface area (Å²) >= 11 is 0. The second-order valence-corrected chi connectivity index (χ2v) is 4.55. The highest BCUT2D eigenvalue weighted by Crippen LogP contribution is 2.33. The van der Waals surface area contributed by atoms with Gasteiger partial charge in [0.05, 0.1) is 0 Å². The van der Waals surface area contributed by atoms with Crippen LogP contribution in [0.2, 0.25) is 0 Å². The molecule has 15 heavy (non-hydrogen) atoms. The fraction of sp³-hybridized carbons (Fsp3) is 0.538. The molecule has 82 valence electrons. The van der Waals surface area contributed by atoms with Gasteiger partial charge in [0.1, 0.15) is 0 Å². The molecule has 2 nitrogen and oxygen atoms in total. The number of nitrogens with one attached hydrogen (secondary N) is 1. The summed E-state index contributed by atoms with van der Waals surface area (Å²) in [4.78, 5) is 0. The van der Waals surface area contributed by atoms with E-state index in [9.17, 15) is 0 Å². The number of rotatable bonds is 5. The van der Waals surface area contributed by atoms with Gasteiger partial charge in [0.2, 0.25) is 0 Å². The van der Waals surface area contributed by atoms with E-state index in [1.807, 2.05) is 0 Å². The lowest BCUT2D eigenvalue weighted by molar-refractivity contribution is 0.233. The Bertz CT molecular complexity index is 324. The maximum atomic E-state index is 8.89. The van der Waals surface area contributed by atoms with Gasteiger partial charge < -0.3 is 10.4 Å². The Labute approximate surface area is 91.3 Å². The van der Waals surface area contributed by atoms with Crippen molar-refractivity contribution in [3.05, 3.63) is 35.4 Å². The van der Waals surface area contributed by atoms with Crippen molar-refractivity contribution in [1.29, 1.82) is 0 Å². The van der Waals surface area contributed by atoms with Crippen molar-refractivity contribution < 1.29 is 5.11 Å². The lowest BCUT2D eigenvalue weighted by Gasteiger charge is -2.30.